The number of carbonyl (C=O) groups is 3. The number of halogens is 1. The number of imide groups is 1. The van der Waals surface area contributed by atoms with E-state index in [4.69, 9.17) is 16.3 Å². The average molecular weight is 442 g/mol. The third kappa shape index (κ3) is 3.72. The summed E-state index contributed by atoms with van der Waals surface area (Å²) in [6.45, 7) is 3.65. The van der Waals surface area contributed by atoms with Crippen LogP contribution in [0.15, 0.2) is 46.7 Å². The van der Waals surface area contributed by atoms with Crippen LogP contribution in [0.1, 0.15) is 11.1 Å². The lowest BCUT2D eigenvalue weighted by Gasteiger charge is -2.20. The first-order chi connectivity index (χ1) is 14.8. The minimum atomic E-state index is -0.998. The quantitative estimate of drug-likeness (QED) is 0.718. The fraction of sp³-hybridized carbons (Fsp3) is 0.286. The predicted octanol–water partition coefficient (Wildman–Crippen LogP) is 2.90. The molecule has 10 heteroatoms. The number of aryl methyl sites for hydroxylation is 2. The van der Waals surface area contributed by atoms with Crippen molar-refractivity contribution >= 4 is 40.7 Å². The SMILES string of the molecule is COc1ccc(N2C(=O)[C@@H]3[C@@H](N=NN3CC(=O)Nc3ccc(C)cc3C)C2=O)cc1Cl. The number of carbonyl (C=O) groups excluding carboxylic acids is 3. The number of fused-ring (bicyclic) bond motifs is 1. The molecule has 0 aromatic heterocycles. The molecule has 0 saturated carbocycles. The zero-order valence-corrected chi connectivity index (χ0v) is 17.9. The Kier molecular flexibility index (Phi) is 5.36. The highest BCUT2D eigenvalue weighted by atomic mass is 35.5. The molecule has 2 aromatic rings. The number of nitrogens with one attached hydrogen (secondary N) is 1. The van der Waals surface area contributed by atoms with E-state index in [9.17, 15) is 14.4 Å². The topological polar surface area (TPSA) is 104 Å². The second kappa shape index (κ2) is 7.99. The fourth-order valence-electron chi connectivity index (χ4n) is 3.69. The Morgan fingerprint density at radius 3 is 2.61 bits per heavy atom. The first-order valence-electron chi connectivity index (χ1n) is 9.56. The minimum absolute atomic E-state index is 0.214. The number of nitrogens with zero attached hydrogens (tertiary/aromatic N) is 4. The van der Waals surface area contributed by atoms with Crippen molar-refractivity contribution in [3.05, 3.63) is 52.5 Å². The molecule has 0 spiro atoms. The number of rotatable bonds is 5. The van der Waals surface area contributed by atoms with Gasteiger partial charge in [0.15, 0.2) is 12.1 Å². The van der Waals surface area contributed by atoms with Crippen LogP contribution in [0, 0.1) is 13.8 Å². The van der Waals surface area contributed by atoms with E-state index in [-0.39, 0.29) is 17.5 Å². The molecule has 0 unspecified atom stereocenters. The van der Waals surface area contributed by atoms with E-state index in [0.29, 0.717) is 17.1 Å². The van der Waals surface area contributed by atoms with Crippen LogP contribution in [0.25, 0.3) is 0 Å². The van der Waals surface area contributed by atoms with Crippen molar-refractivity contribution in [2.75, 3.05) is 23.9 Å². The van der Waals surface area contributed by atoms with Crippen molar-refractivity contribution in [3.63, 3.8) is 0 Å². The Labute approximate surface area is 183 Å². The van der Waals surface area contributed by atoms with Gasteiger partial charge in [0.2, 0.25) is 5.91 Å². The van der Waals surface area contributed by atoms with Crippen molar-refractivity contribution in [1.29, 1.82) is 0 Å². The maximum atomic E-state index is 13.0. The summed E-state index contributed by atoms with van der Waals surface area (Å²) in [4.78, 5) is 39.4. The third-order valence-corrected chi connectivity index (χ3v) is 5.51. The second-order valence-electron chi connectivity index (χ2n) is 7.39. The predicted molar refractivity (Wildman–Crippen MR) is 114 cm³/mol. The molecule has 0 aliphatic carbocycles. The van der Waals surface area contributed by atoms with Gasteiger partial charge in [-0.3, -0.25) is 19.4 Å². The minimum Gasteiger partial charge on any atom is -0.495 e. The van der Waals surface area contributed by atoms with Gasteiger partial charge in [0, 0.05) is 5.69 Å². The van der Waals surface area contributed by atoms with Crippen LogP contribution >= 0.6 is 11.6 Å². The molecule has 2 heterocycles. The molecule has 1 saturated heterocycles. The number of ether oxygens (including phenoxy) is 1. The van der Waals surface area contributed by atoms with Crippen molar-refractivity contribution in [3.8, 4) is 5.75 Å². The van der Waals surface area contributed by atoms with E-state index >= 15 is 0 Å². The molecule has 2 aromatic carbocycles. The van der Waals surface area contributed by atoms with E-state index in [1.807, 2.05) is 32.0 Å². The standard InChI is InChI=1S/C21H20ClN5O4/c1-11-4-6-15(12(2)8-11)23-17(28)10-26-19-18(24-25-26)20(29)27(21(19)30)13-5-7-16(31-3)14(22)9-13/h4-9,18-19H,10H2,1-3H3,(H,23,28)/t18-,19+/m1/s1. The molecule has 4 rings (SSSR count). The second-order valence-corrected chi connectivity index (χ2v) is 7.80. The molecule has 2 atom stereocenters. The smallest absolute Gasteiger partial charge is 0.263 e. The maximum absolute atomic E-state index is 13.0. The van der Waals surface area contributed by atoms with Crippen LogP contribution in [0.4, 0.5) is 11.4 Å². The normalized spacial score (nSPS) is 19.7. The highest BCUT2D eigenvalue weighted by Crippen LogP contribution is 2.35. The zero-order valence-electron chi connectivity index (χ0n) is 17.1. The lowest BCUT2D eigenvalue weighted by Crippen LogP contribution is -2.43. The average Bonchev–Trinajstić information content (AvgIpc) is 3.24. The van der Waals surface area contributed by atoms with E-state index in [1.165, 1.54) is 18.2 Å². The van der Waals surface area contributed by atoms with Gasteiger partial charge in [0.25, 0.3) is 11.8 Å². The number of hydrogen-bond acceptors (Lipinski definition) is 7. The molecular weight excluding hydrogens is 422 g/mol. The molecule has 2 aliphatic heterocycles. The molecule has 3 amide bonds. The number of benzene rings is 2. The zero-order chi connectivity index (χ0) is 22.3. The van der Waals surface area contributed by atoms with Crippen LogP contribution in [0.5, 0.6) is 5.75 Å². The van der Waals surface area contributed by atoms with Crippen LogP contribution in [-0.2, 0) is 14.4 Å². The van der Waals surface area contributed by atoms with Gasteiger partial charge in [-0.05, 0) is 43.7 Å². The van der Waals surface area contributed by atoms with E-state index in [0.717, 1.165) is 16.0 Å². The summed E-state index contributed by atoms with van der Waals surface area (Å²) in [5.74, 6) is -0.968. The summed E-state index contributed by atoms with van der Waals surface area (Å²) in [6, 6.07) is 8.31. The Morgan fingerprint density at radius 2 is 1.94 bits per heavy atom. The Balaban J connectivity index is 1.50. The lowest BCUT2D eigenvalue weighted by atomic mass is 10.1. The van der Waals surface area contributed by atoms with E-state index in [2.05, 4.69) is 15.7 Å². The van der Waals surface area contributed by atoms with Crippen molar-refractivity contribution in [2.24, 2.45) is 10.3 Å². The van der Waals surface area contributed by atoms with E-state index in [1.54, 1.807) is 12.1 Å². The first-order valence-corrected chi connectivity index (χ1v) is 9.94. The number of hydrogen-bond donors (Lipinski definition) is 1. The van der Waals surface area contributed by atoms with Crippen molar-refractivity contribution in [2.45, 2.75) is 25.9 Å². The molecular formula is C21H20ClN5O4. The summed E-state index contributed by atoms with van der Waals surface area (Å²) in [5.41, 5.74) is 2.99. The lowest BCUT2D eigenvalue weighted by molar-refractivity contribution is -0.123. The van der Waals surface area contributed by atoms with Crippen LogP contribution in [0.2, 0.25) is 5.02 Å². The summed E-state index contributed by atoms with van der Waals surface area (Å²) < 4.78 is 5.11. The summed E-state index contributed by atoms with van der Waals surface area (Å²) >= 11 is 6.14. The highest BCUT2D eigenvalue weighted by molar-refractivity contribution is 6.33. The van der Waals surface area contributed by atoms with Gasteiger partial charge in [-0.1, -0.05) is 34.5 Å². The van der Waals surface area contributed by atoms with E-state index < -0.39 is 23.9 Å². The Hall–Kier alpha value is -3.46. The first kappa shape index (κ1) is 20.8. The van der Waals surface area contributed by atoms with Gasteiger partial charge in [0.05, 0.1) is 17.8 Å². The molecule has 31 heavy (non-hydrogen) atoms. The highest BCUT2D eigenvalue weighted by Gasteiger charge is 2.55. The summed E-state index contributed by atoms with van der Waals surface area (Å²) in [7, 11) is 1.47. The monoisotopic (exact) mass is 441 g/mol. The summed E-state index contributed by atoms with van der Waals surface area (Å²) in [5, 5.41) is 12.2. The molecule has 0 radical (unpaired) electrons. The van der Waals surface area contributed by atoms with Gasteiger partial charge >= 0.3 is 0 Å². The number of methoxy groups -OCH3 is 1. The van der Waals surface area contributed by atoms with Gasteiger partial charge in [-0.2, -0.15) is 5.11 Å². The number of amides is 3. The number of anilines is 2. The van der Waals surface area contributed by atoms with Crippen molar-refractivity contribution < 1.29 is 19.1 Å². The molecule has 2 aliphatic rings. The van der Waals surface area contributed by atoms with Gasteiger partial charge in [-0.15, -0.1) is 0 Å². The van der Waals surface area contributed by atoms with Gasteiger partial charge in [0.1, 0.15) is 12.3 Å². The third-order valence-electron chi connectivity index (χ3n) is 5.21. The molecule has 160 valence electrons. The van der Waals surface area contributed by atoms with Gasteiger partial charge < -0.3 is 10.1 Å². The van der Waals surface area contributed by atoms with Crippen LogP contribution in [0.3, 0.4) is 0 Å². The van der Waals surface area contributed by atoms with Gasteiger partial charge in [-0.25, -0.2) is 4.90 Å². The van der Waals surface area contributed by atoms with Crippen molar-refractivity contribution in [1.82, 2.24) is 5.01 Å². The Morgan fingerprint density at radius 1 is 1.16 bits per heavy atom. The van der Waals surface area contributed by atoms with Crippen LogP contribution in [-0.4, -0.2) is 48.5 Å². The largest absolute Gasteiger partial charge is 0.495 e. The summed E-state index contributed by atoms with van der Waals surface area (Å²) in [6.07, 6.45) is 0. The maximum Gasteiger partial charge on any atom is 0.263 e. The molecule has 1 N–H and O–H groups in total. The van der Waals surface area contributed by atoms with Crippen LogP contribution < -0.4 is 15.0 Å². The molecule has 9 nitrogen and oxygen atoms in total. The Bertz CT molecular complexity index is 1120. The molecule has 1 fully saturated rings. The molecule has 0 bridgehead atoms. The fourth-order valence-corrected chi connectivity index (χ4v) is 3.95.